The first-order valence-corrected chi connectivity index (χ1v) is 7.64. The van der Waals surface area contributed by atoms with Crippen molar-refractivity contribution in [2.45, 2.75) is 39.3 Å². The lowest BCUT2D eigenvalue weighted by atomic mass is 10.1. The molecule has 0 saturated heterocycles. The zero-order valence-corrected chi connectivity index (χ0v) is 14.6. The lowest BCUT2D eigenvalue weighted by Crippen LogP contribution is -2.42. The van der Waals surface area contributed by atoms with Gasteiger partial charge in [0.1, 0.15) is 12.7 Å². The fraction of sp³-hybridized carbons (Fsp3) is 0.500. The van der Waals surface area contributed by atoms with Crippen LogP contribution in [0.15, 0.2) is 24.3 Å². The highest BCUT2D eigenvalue weighted by Gasteiger charge is 2.13. The first-order valence-electron chi connectivity index (χ1n) is 7.64. The van der Waals surface area contributed by atoms with E-state index in [0.717, 1.165) is 5.56 Å². The number of aliphatic hydroxyl groups is 1. The molecular weight excluding hydrogens is 294 g/mol. The van der Waals surface area contributed by atoms with Gasteiger partial charge in [0.05, 0.1) is 7.11 Å². The van der Waals surface area contributed by atoms with Gasteiger partial charge in [0, 0.05) is 12.1 Å². The van der Waals surface area contributed by atoms with Crippen LogP contribution in [0.5, 0.6) is 11.5 Å². The second-order valence-corrected chi connectivity index (χ2v) is 6.45. The molecule has 5 heteroatoms. The number of ketones is 1. The molecule has 0 amide bonds. The molecule has 1 aromatic carbocycles. The van der Waals surface area contributed by atoms with E-state index in [-0.39, 0.29) is 17.9 Å². The average molecular weight is 321 g/mol. The zero-order valence-electron chi connectivity index (χ0n) is 14.6. The Morgan fingerprint density at radius 2 is 2.04 bits per heavy atom. The van der Waals surface area contributed by atoms with Crippen molar-refractivity contribution in [1.82, 2.24) is 5.32 Å². The van der Waals surface area contributed by atoms with E-state index in [4.69, 9.17) is 9.47 Å². The van der Waals surface area contributed by atoms with Crippen LogP contribution in [0.3, 0.4) is 0 Å². The van der Waals surface area contributed by atoms with Gasteiger partial charge in [0.2, 0.25) is 0 Å². The number of hydrogen-bond donors (Lipinski definition) is 2. The minimum absolute atomic E-state index is 0.0150. The van der Waals surface area contributed by atoms with Crippen molar-refractivity contribution in [3.63, 3.8) is 0 Å². The van der Waals surface area contributed by atoms with Crippen LogP contribution in [-0.4, -0.2) is 42.8 Å². The van der Waals surface area contributed by atoms with Crippen LogP contribution in [0.1, 0.15) is 33.3 Å². The number of benzene rings is 1. The van der Waals surface area contributed by atoms with Gasteiger partial charge in [0.25, 0.3) is 0 Å². The van der Waals surface area contributed by atoms with Gasteiger partial charge in [-0.05, 0) is 51.5 Å². The predicted molar refractivity (Wildman–Crippen MR) is 92.0 cm³/mol. The molecule has 1 aromatic rings. The van der Waals surface area contributed by atoms with E-state index in [2.05, 4.69) is 5.32 Å². The minimum Gasteiger partial charge on any atom is -0.493 e. The molecule has 0 aromatic heterocycles. The summed E-state index contributed by atoms with van der Waals surface area (Å²) < 4.78 is 10.9. The van der Waals surface area contributed by atoms with Crippen LogP contribution >= 0.6 is 0 Å². The first-order chi connectivity index (χ1) is 10.7. The van der Waals surface area contributed by atoms with Gasteiger partial charge in [-0.25, -0.2) is 0 Å². The predicted octanol–water partition coefficient (Wildman–Crippen LogP) is 2.43. The van der Waals surface area contributed by atoms with Crippen LogP contribution in [0.4, 0.5) is 0 Å². The van der Waals surface area contributed by atoms with Crippen molar-refractivity contribution >= 4 is 11.9 Å². The highest BCUT2D eigenvalue weighted by molar-refractivity contribution is 5.91. The van der Waals surface area contributed by atoms with Crippen LogP contribution < -0.4 is 14.8 Å². The number of nitrogens with one attached hydrogen (secondary N) is 1. The number of aliphatic hydroxyl groups excluding tert-OH is 1. The Kier molecular flexibility index (Phi) is 7.26. The lowest BCUT2D eigenvalue weighted by Gasteiger charge is -2.23. The number of methoxy groups -OCH3 is 1. The maximum Gasteiger partial charge on any atom is 0.161 e. The largest absolute Gasteiger partial charge is 0.493 e. The molecule has 0 aliphatic heterocycles. The van der Waals surface area contributed by atoms with E-state index in [1.807, 2.05) is 26.8 Å². The third-order valence-electron chi connectivity index (χ3n) is 3.00. The molecule has 128 valence electrons. The SMILES string of the molecule is COc1cc(/C=C/C(C)=O)ccc1OCC(O)CNC(C)(C)C. The molecule has 5 nitrogen and oxygen atoms in total. The molecule has 0 spiro atoms. The molecule has 0 aliphatic rings. The Bertz CT molecular complexity index is 546. The van der Waals surface area contributed by atoms with Crippen molar-refractivity contribution < 1.29 is 19.4 Å². The molecule has 0 saturated carbocycles. The van der Waals surface area contributed by atoms with E-state index < -0.39 is 6.10 Å². The second kappa shape index (κ2) is 8.70. The fourth-order valence-corrected chi connectivity index (χ4v) is 1.79. The summed E-state index contributed by atoms with van der Waals surface area (Å²) in [6, 6.07) is 5.38. The van der Waals surface area contributed by atoms with Crippen LogP contribution in [0, 0.1) is 0 Å². The molecule has 0 radical (unpaired) electrons. The van der Waals surface area contributed by atoms with Crippen molar-refractivity contribution in [2.75, 3.05) is 20.3 Å². The van der Waals surface area contributed by atoms with Crippen molar-refractivity contribution in [3.05, 3.63) is 29.8 Å². The summed E-state index contributed by atoms with van der Waals surface area (Å²) in [5.41, 5.74) is 0.794. The lowest BCUT2D eigenvalue weighted by molar-refractivity contribution is -0.112. The molecule has 0 heterocycles. The van der Waals surface area contributed by atoms with E-state index in [1.165, 1.54) is 13.0 Å². The Balaban J connectivity index is 2.64. The fourth-order valence-electron chi connectivity index (χ4n) is 1.79. The number of ether oxygens (including phenoxy) is 2. The third kappa shape index (κ3) is 7.81. The van der Waals surface area contributed by atoms with Crippen molar-refractivity contribution in [1.29, 1.82) is 0 Å². The Hall–Kier alpha value is -1.85. The zero-order chi connectivity index (χ0) is 17.5. The van der Waals surface area contributed by atoms with E-state index >= 15 is 0 Å². The third-order valence-corrected chi connectivity index (χ3v) is 3.00. The van der Waals surface area contributed by atoms with E-state index in [0.29, 0.717) is 18.0 Å². The van der Waals surface area contributed by atoms with Crippen LogP contribution in [0.2, 0.25) is 0 Å². The maximum absolute atomic E-state index is 11.0. The van der Waals surface area contributed by atoms with Gasteiger partial charge in [-0.15, -0.1) is 0 Å². The highest BCUT2D eigenvalue weighted by atomic mass is 16.5. The quantitative estimate of drug-likeness (QED) is 0.720. The van der Waals surface area contributed by atoms with E-state index in [9.17, 15) is 9.90 Å². The number of β-amino-alcohol motifs (C(OH)–C–C–N with tert-alkyl or cyclic N) is 1. The average Bonchev–Trinajstić information content (AvgIpc) is 2.48. The molecule has 0 bridgehead atoms. The summed E-state index contributed by atoms with van der Waals surface area (Å²) in [6.45, 7) is 8.23. The first kappa shape index (κ1) is 19.2. The molecule has 23 heavy (non-hydrogen) atoms. The molecule has 1 rings (SSSR count). The van der Waals surface area contributed by atoms with Crippen molar-refractivity contribution in [2.24, 2.45) is 0 Å². The number of carbonyl (C=O) groups excluding carboxylic acids is 1. The molecule has 0 fully saturated rings. The smallest absolute Gasteiger partial charge is 0.161 e. The normalized spacial score (nSPS) is 13.1. The molecular formula is C18H27NO4. The summed E-state index contributed by atoms with van der Waals surface area (Å²) in [7, 11) is 1.55. The Morgan fingerprint density at radius 1 is 1.35 bits per heavy atom. The highest BCUT2D eigenvalue weighted by Crippen LogP contribution is 2.28. The number of carbonyl (C=O) groups is 1. The van der Waals surface area contributed by atoms with Gasteiger partial charge in [-0.2, -0.15) is 0 Å². The molecule has 0 aliphatic carbocycles. The molecule has 1 unspecified atom stereocenters. The monoisotopic (exact) mass is 321 g/mol. The number of rotatable bonds is 8. The van der Waals surface area contributed by atoms with Gasteiger partial charge < -0.3 is 19.9 Å². The maximum atomic E-state index is 11.0. The minimum atomic E-state index is -0.615. The van der Waals surface area contributed by atoms with Gasteiger partial charge in [0.15, 0.2) is 17.3 Å². The summed E-state index contributed by atoms with van der Waals surface area (Å²) in [5.74, 6) is 1.10. The second-order valence-electron chi connectivity index (χ2n) is 6.45. The Morgan fingerprint density at radius 3 is 2.61 bits per heavy atom. The standard InChI is InChI=1S/C18H27NO4/c1-13(20)6-7-14-8-9-16(17(10-14)22-5)23-12-15(21)11-19-18(2,3)4/h6-10,15,19,21H,11-12H2,1-5H3/b7-6+. The molecule has 2 N–H and O–H groups in total. The van der Waals surface area contributed by atoms with Gasteiger partial charge in [-0.1, -0.05) is 12.1 Å². The summed E-state index contributed by atoms with van der Waals surface area (Å²) in [5, 5.41) is 13.2. The topological polar surface area (TPSA) is 67.8 Å². The number of allylic oxidation sites excluding steroid dienone is 1. The summed E-state index contributed by atoms with van der Waals surface area (Å²) >= 11 is 0. The van der Waals surface area contributed by atoms with Crippen LogP contribution in [-0.2, 0) is 4.79 Å². The van der Waals surface area contributed by atoms with Crippen LogP contribution in [0.25, 0.3) is 6.08 Å². The summed E-state index contributed by atoms with van der Waals surface area (Å²) in [6.07, 6.45) is 2.60. The molecule has 1 atom stereocenters. The Labute approximate surface area is 138 Å². The van der Waals surface area contributed by atoms with E-state index in [1.54, 1.807) is 25.3 Å². The van der Waals surface area contributed by atoms with Crippen molar-refractivity contribution in [3.8, 4) is 11.5 Å². The van der Waals surface area contributed by atoms with Gasteiger partial charge >= 0.3 is 0 Å². The summed E-state index contributed by atoms with van der Waals surface area (Å²) in [4.78, 5) is 11.0. The van der Waals surface area contributed by atoms with Gasteiger partial charge in [-0.3, -0.25) is 4.79 Å². The number of hydrogen-bond acceptors (Lipinski definition) is 5.